The molecule has 1 fully saturated rings. The number of hydrogen-bond acceptors (Lipinski definition) is 3. The fraction of sp³-hybridized carbons (Fsp3) is 0.600. The molecule has 2 atom stereocenters. The standard InChI is InChI=1S/C25H34N2OS/c1-3-5-16-27-23(28)21-22(26-24(27)29-17-6-4-2)20-13-9-8-12-19(20)18-25(21)14-10-7-11-15-25/h3,5,8-9,12-13,21,24H,4,6-7,10-11,14-18H2,1-2H3. The van der Waals surface area contributed by atoms with Crippen molar-refractivity contribution in [2.45, 2.75) is 70.7 Å². The van der Waals surface area contributed by atoms with Crippen LogP contribution in [0.25, 0.3) is 0 Å². The van der Waals surface area contributed by atoms with Gasteiger partial charge in [-0.15, -0.1) is 11.8 Å². The van der Waals surface area contributed by atoms with Crippen molar-refractivity contribution in [2.24, 2.45) is 16.3 Å². The van der Waals surface area contributed by atoms with E-state index in [-0.39, 0.29) is 16.8 Å². The van der Waals surface area contributed by atoms with Gasteiger partial charge in [0.15, 0.2) is 5.50 Å². The average Bonchev–Trinajstić information content (AvgIpc) is 2.74. The summed E-state index contributed by atoms with van der Waals surface area (Å²) < 4.78 is 0. The molecule has 0 N–H and O–H groups in total. The molecule has 0 aromatic heterocycles. The van der Waals surface area contributed by atoms with Crippen molar-refractivity contribution in [3.63, 3.8) is 0 Å². The highest BCUT2D eigenvalue weighted by Gasteiger charge is 2.53. The molecule has 0 radical (unpaired) electrons. The summed E-state index contributed by atoms with van der Waals surface area (Å²) in [6, 6.07) is 8.71. The molecule has 0 bridgehead atoms. The highest BCUT2D eigenvalue weighted by atomic mass is 32.2. The van der Waals surface area contributed by atoms with Crippen LogP contribution in [0.15, 0.2) is 41.4 Å². The number of carbonyl (C=O) groups is 1. The van der Waals surface area contributed by atoms with Crippen LogP contribution in [-0.2, 0) is 11.2 Å². The van der Waals surface area contributed by atoms with E-state index in [9.17, 15) is 4.79 Å². The molecule has 1 aromatic rings. The summed E-state index contributed by atoms with van der Waals surface area (Å²) in [5.41, 5.74) is 3.69. The van der Waals surface area contributed by atoms with Gasteiger partial charge in [0.2, 0.25) is 5.91 Å². The molecule has 0 saturated heterocycles. The fourth-order valence-corrected chi connectivity index (χ4v) is 6.64. The highest BCUT2D eigenvalue weighted by Crippen LogP contribution is 2.52. The second-order valence-electron chi connectivity index (χ2n) is 8.81. The molecule has 2 unspecified atom stereocenters. The quantitative estimate of drug-likeness (QED) is 0.436. The summed E-state index contributed by atoms with van der Waals surface area (Å²) in [5, 5.41) is 0. The molecule has 1 saturated carbocycles. The molecule has 3 aliphatic rings. The fourth-order valence-electron chi connectivity index (χ4n) is 5.42. The van der Waals surface area contributed by atoms with Gasteiger partial charge in [-0.05, 0) is 54.9 Å². The van der Waals surface area contributed by atoms with Gasteiger partial charge in [-0.3, -0.25) is 9.79 Å². The van der Waals surface area contributed by atoms with Crippen LogP contribution in [0.5, 0.6) is 0 Å². The number of rotatable bonds is 6. The van der Waals surface area contributed by atoms with Crippen molar-refractivity contribution in [3.8, 4) is 0 Å². The van der Waals surface area contributed by atoms with E-state index < -0.39 is 0 Å². The van der Waals surface area contributed by atoms with Crippen LogP contribution in [-0.4, -0.2) is 34.3 Å². The second-order valence-corrected chi connectivity index (χ2v) is 9.98. The van der Waals surface area contributed by atoms with Crippen molar-refractivity contribution in [1.82, 2.24) is 4.90 Å². The minimum Gasteiger partial charge on any atom is -0.307 e. The third-order valence-corrected chi connectivity index (χ3v) is 8.10. The Morgan fingerprint density at radius 3 is 2.79 bits per heavy atom. The summed E-state index contributed by atoms with van der Waals surface area (Å²) >= 11 is 1.83. The van der Waals surface area contributed by atoms with Crippen LogP contribution >= 0.6 is 11.8 Å². The number of amides is 1. The first-order valence-electron chi connectivity index (χ1n) is 11.4. The first kappa shape index (κ1) is 20.7. The SMILES string of the molecule is CC=CCN1C(=O)C2C(=NC1SCCCC)c1ccccc1CC21CCCCC1. The van der Waals surface area contributed by atoms with Gasteiger partial charge in [-0.25, -0.2) is 0 Å². The minimum absolute atomic E-state index is 0.0639. The first-order valence-corrected chi connectivity index (χ1v) is 12.4. The van der Waals surface area contributed by atoms with E-state index in [4.69, 9.17) is 4.99 Å². The highest BCUT2D eigenvalue weighted by molar-refractivity contribution is 7.99. The summed E-state index contributed by atoms with van der Waals surface area (Å²) in [6.45, 7) is 4.92. The van der Waals surface area contributed by atoms with Crippen LogP contribution in [0.1, 0.15) is 69.9 Å². The van der Waals surface area contributed by atoms with Crippen LogP contribution in [0.3, 0.4) is 0 Å². The number of benzene rings is 1. The maximum atomic E-state index is 14.0. The smallest absolute Gasteiger partial charge is 0.234 e. The summed E-state index contributed by atoms with van der Waals surface area (Å²) in [5.74, 6) is 1.30. The van der Waals surface area contributed by atoms with Crippen LogP contribution in [0.2, 0.25) is 0 Å². The number of thioether (sulfide) groups is 1. The average molecular weight is 411 g/mol. The Kier molecular flexibility index (Phi) is 6.48. The van der Waals surface area contributed by atoms with E-state index in [0.717, 1.165) is 30.7 Å². The lowest BCUT2D eigenvalue weighted by Crippen LogP contribution is -2.57. The predicted molar refractivity (Wildman–Crippen MR) is 123 cm³/mol. The number of hydrogen-bond donors (Lipinski definition) is 0. The predicted octanol–water partition coefficient (Wildman–Crippen LogP) is 5.83. The molecular weight excluding hydrogens is 376 g/mol. The van der Waals surface area contributed by atoms with Gasteiger partial charge in [0, 0.05) is 6.54 Å². The molecule has 1 heterocycles. The topological polar surface area (TPSA) is 32.7 Å². The Morgan fingerprint density at radius 2 is 2.03 bits per heavy atom. The molecule has 4 heteroatoms. The molecule has 1 aliphatic heterocycles. The zero-order valence-corrected chi connectivity index (χ0v) is 18.7. The maximum Gasteiger partial charge on any atom is 0.234 e. The van der Waals surface area contributed by atoms with Gasteiger partial charge in [-0.2, -0.15) is 0 Å². The van der Waals surface area contributed by atoms with Gasteiger partial charge >= 0.3 is 0 Å². The van der Waals surface area contributed by atoms with Crippen molar-refractivity contribution < 1.29 is 4.79 Å². The molecule has 1 spiro atoms. The molecule has 1 amide bonds. The summed E-state index contributed by atoms with van der Waals surface area (Å²) in [6.07, 6.45) is 13.6. The minimum atomic E-state index is -0.0942. The summed E-state index contributed by atoms with van der Waals surface area (Å²) in [4.78, 5) is 21.3. The molecule has 29 heavy (non-hydrogen) atoms. The lowest BCUT2D eigenvalue weighted by atomic mass is 9.57. The Balaban J connectivity index is 1.78. The monoisotopic (exact) mass is 410 g/mol. The van der Waals surface area contributed by atoms with E-state index >= 15 is 0 Å². The number of allylic oxidation sites excluding steroid dienone is 1. The van der Waals surface area contributed by atoms with Gasteiger partial charge in [-0.1, -0.05) is 69.0 Å². The Hall–Kier alpha value is -1.55. The van der Waals surface area contributed by atoms with Crippen molar-refractivity contribution in [2.75, 3.05) is 12.3 Å². The number of carbonyl (C=O) groups excluding carboxylic acids is 1. The Morgan fingerprint density at radius 1 is 1.24 bits per heavy atom. The first-order chi connectivity index (χ1) is 14.2. The molecular formula is C25H34N2OS. The number of unbranched alkanes of at least 4 members (excludes halogenated alkanes) is 1. The van der Waals surface area contributed by atoms with Crippen molar-refractivity contribution >= 4 is 23.4 Å². The number of nitrogens with zero attached hydrogens (tertiary/aromatic N) is 2. The number of aliphatic imine (C=N–C) groups is 1. The van der Waals surface area contributed by atoms with E-state index in [1.165, 1.54) is 43.2 Å². The zero-order chi connectivity index (χ0) is 20.3. The number of fused-ring (bicyclic) bond motifs is 4. The van der Waals surface area contributed by atoms with Gasteiger partial charge in [0.05, 0.1) is 11.6 Å². The van der Waals surface area contributed by atoms with Crippen molar-refractivity contribution in [1.29, 1.82) is 0 Å². The van der Waals surface area contributed by atoms with E-state index in [1.807, 2.05) is 24.8 Å². The molecule has 4 rings (SSSR count). The van der Waals surface area contributed by atoms with Crippen LogP contribution in [0, 0.1) is 11.3 Å². The second kappa shape index (κ2) is 9.07. The van der Waals surface area contributed by atoms with Crippen LogP contribution in [0.4, 0.5) is 0 Å². The van der Waals surface area contributed by atoms with E-state index in [1.54, 1.807) is 0 Å². The molecule has 3 nitrogen and oxygen atoms in total. The molecule has 1 aromatic carbocycles. The normalized spacial score (nSPS) is 25.8. The summed E-state index contributed by atoms with van der Waals surface area (Å²) in [7, 11) is 0. The zero-order valence-electron chi connectivity index (χ0n) is 17.9. The largest absolute Gasteiger partial charge is 0.307 e. The maximum absolute atomic E-state index is 14.0. The Labute approximate surface area is 180 Å². The lowest BCUT2D eigenvalue weighted by Gasteiger charge is -2.51. The lowest BCUT2D eigenvalue weighted by molar-refractivity contribution is -0.139. The van der Waals surface area contributed by atoms with Gasteiger partial charge < -0.3 is 4.90 Å². The molecule has 156 valence electrons. The third-order valence-electron chi connectivity index (χ3n) is 6.92. The Bertz CT molecular complexity index is 794. The third kappa shape index (κ3) is 3.93. The van der Waals surface area contributed by atoms with Gasteiger partial charge in [0.25, 0.3) is 0 Å². The van der Waals surface area contributed by atoms with Crippen LogP contribution < -0.4 is 0 Å². The van der Waals surface area contributed by atoms with Gasteiger partial charge in [0.1, 0.15) is 0 Å². The van der Waals surface area contributed by atoms with E-state index in [0.29, 0.717) is 12.5 Å². The van der Waals surface area contributed by atoms with E-state index in [2.05, 4.69) is 42.2 Å². The molecule has 2 aliphatic carbocycles. The van der Waals surface area contributed by atoms with Crippen molar-refractivity contribution in [3.05, 3.63) is 47.5 Å².